The van der Waals surface area contributed by atoms with Crippen molar-refractivity contribution in [1.29, 1.82) is 0 Å². The zero-order valence-corrected chi connectivity index (χ0v) is 12.0. The Morgan fingerprint density at radius 3 is 2.50 bits per heavy atom. The first kappa shape index (κ1) is 14.9. The third-order valence-corrected chi connectivity index (χ3v) is 3.74. The predicted octanol–water partition coefficient (Wildman–Crippen LogP) is -0.302. The quantitative estimate of drug-likeness (QED) is 0.697. The average molecular weight is 284 g/mol. The number of carbonyl (C=O) groups excluding carboxylic acids is 2. The average Bonchev–Trinajstić information content (AvgIpc) is 2.58. The zero-order chi connectivity index (χ0) is 15.1. The van der Waals surface area contributed by atoms with Crippen LogP contribution in [0.4, 0.5) is 0 Å². The molecule has 20 heavy (non-hydrogen) atoms. The molecule has 0 radical (unpaired) electrons. The van der Waals surface area contributed by atoms with Crippen LogP contribution >= 0.6 is 0 Å². The number of hydrogen-bond acceptors (Lipinski definition) is 5. The Morgan fingerprint density at radius 2 is 2.05 bits per heavy atom. The molecule has 0 saturated carbocycles. The summed E-state index contributed by atoms with van der Waals surface area (Å²) in [5.74, 6) is -1.32. The third-order valence-electron chi connectivity index (χ3n) is 3.74. The SMILES string of the molecule is CC(C)N1C(=O)CC(N2CC(C)(OCC(=O)O)C2)C1=O. The number of likely N-dealkylation sites (tertiary alicyclic amines) is 2. The Labute approximate surface area is 117 Å². The monoisotopic (exact) mass is 284 g/mol. The van der Waals surface area contributed by atoms with E-state index < -0.39 is 17.6 Å². The van der Waals surface area contributed by atoms with E-state index in [9.17, 15) is 14.4 Å². The lowest BCUT2D eigenvalue weighted by atomic mass is 9.93. The number of nitrogens with zero attached hydrogens (tertiary/aromatic N) is 2. The molecule has 2 heterocycles. The molecule has 0 bridgehead atoms. The fraction of sp³-hybridized carbons (Fsp3) is 0.769. The second kappa shape index (κ2) is 5.14. The molecule has 2 amide bonds. The molecule has 0 aromatic rings. The van der Waals surface area contributed by atoms with Gasteiger partial charge in [0.15, 0.2) is 0 Å². The van der Waals surface area contributed by atoms with Crippen LogP contribution in [0.25, 0.3) is 0 Å². The van der Waals surface area contributed by atoms with Gasteiger partial charge < -0.3 is 9.84 Å². The van der Waals surface area contributed by atoms with Gasteiger partial charge in [-0.2, -0.15) is 0 Å². The van der Waals surface area contributed by atoms with Gasteiger partial charge in [-0.15, -0.1) is 0 Å². The Bertz CT molecular complexity index is 442. The summed E-state index contributed by atoms with van der Waals surface area (Å²) >= 11 is 0. The first-order valence-corrected chi connectivity index (χ1v) is 6.69. The van der Waals surface area contributed by atoms with Crippen LogP contribution in [0.2, 0.25) is 0 Å². The molecule has 1 atom stereocenters. The van der Waals surface area contributed by atoms with Crippen molar-refractivity contribution in [3.8, 4) is 0 Å². The first-order chi connectivity index (χ1) is 9.23. The molecule has 0 aromatic heterocycles. The molecule has 7 heteroatoms. The minimum atomic E-state index is -1.01. The highest BCUT2D eigenvalue weighted by Crippen LogP contribution is 2.31. The van der Waals surface area contributed by atoms with Crippen molar-refractivity contribution in [2.75, 3.05) is 19.7 Å². The summed E-state index contributed by atoms with van der Waals surface area (Å²) in [6.45, 7) is 6.03. The summed E-state index contributed by atoms with van der Waals surface area (Å²) in [5.41, 5.74) is -0.549. The summed E-state index contributed by atoms with van der Waals surface area (Å²) in [5, 5.41) is 8.60. The molecular formula is C13H20N2O5. The molecule has 112 valence electrons. The summed E-state index contributed by atoms with van der Waals surface area (Å²) in [6.07, 6.45) is 0.200. The maximum atomic E-state index is 12.2. The van der Waals surface area contributed by atoms with E-state index in [0.717, 1.165) is 0 Å². The Balaban J connectivity index is 1.92. The number of imide groups is 1. The van der Waals surface area contributed by atoms with Crippen LogP contribution in [0.5, 0.6) is 0 Å². The van der Waals surface area contributed by atoms with Crippen LogP contribution in [0.1, 0.15) is 27.2 Å². The summed E-state index contributed by atoms with van der Waals surface area (Å²) in [7, 11) is 0. The van der Waals surface area contributed by atoms with Gasteiger partial charge in [0, 0.05) is 19.1 Å². The highest BCUT2D eigenvalue weighted by molar-refractivity contribution is 6.05. The summed E-state index contributed by atoms with van der Waals surface area (Å²) in [4.78, 5) is 37.7. The minimum Gasteiger partial charge on any atom is -0.480 e. The lowest BCUT2D eigenvalue weighted by Crippen LogP contribution is -2.65. The number of carboxylic acids is 1. The largest absolute Gasteiger partial charge is 0.480 e. The highest BCUT2D eigenvalue weighted by Gasteiger charge is 2.50. The number of amides is 2. The van der Waals surface area contributed by atoms with Gasteiger partial charge in [0.25, 0.3) is 0 Å². The van der Waals surface area contributed by atoms with Crippen molar-refractivity contribution in [3.05, 3.63) is 0 Å². The fourth-order valence-electron chi connectivity index (χ4n) is 2.82. The van der Waals surface area contributed by atoms with E-state index in [1.54, 1.807) is 0 Å². The van der Waals surface area contributed by atoms with E-state index in [1.165, 1.54) is 4.90 Å². The fourth-order valence-corrected chi connectivity index (χ4v) is 2.82. The van der Waals surface area contributed by atoms with Gasteiger partial charge in [-0.1, -0.05) is 0 Å². The van der Waals surface area contributed by atoms with Gasteiger partial charge in [-0.05, 0) is 20.8 Å². The van der Waals surface area contributed by atoms with Crippen LogP contribution in [-0.4, -0.2) is 70.1 Å². The van der Waals surface area contributed by atoms with Gasteiger partial charge in [-0.3, -0.25) is 19.4 Å². The maximum absolute atomic E-state index is 12.2. The summed E-state index contributed by atoms with van der Waals surface area (Å²) < 4.78 is 5.30. The van der Waals surface area contributed by atoms with Crippen LogP contribution < -0.4 is 0 Å². The standard InChI is InChI=1S/C13H20N2O5/c1-8(2)15-10(16)4-9(12(15)19)14-6-13(3,7-14)20-5-11(17)18/h8-9H,4-7H2,1-3H3,(H,17,18). The van der Waals surface area contributed by atoms with Crippen molar-refractivity contribution >= 4 is 17.8 Å². The predicted molar refractivity (Wildman–Crippen MR) is 69.0 cm³/mol. The van der Waals surface area contributed by atoms with Crippen LogP contribution in [0.15, 0.2) is 0 Å². The van der Waals surface area contributed by atoms with Crippen molar-refractivity contribution in [1.82, 2.24) is 9.80 Å². The van der Waals surface area contributed by atoms with E-state index in [2.05, 4.69) is 0 Å². The number of rotatable bonds is 5. The molecule has 2 rings (SSSR count). The van der Waals surface area contributed by atoms with E-state index in [4.69, 9.17) is 9.84 Å². The molecule has 7 nitrogen and oxygen atoms in total. The third kappa shape index (κ3) is 2.69. The van der Waals surface area contributed by atoms with Crippen LogP contribution in [0, 0.1) is 0 Å². The highest BCUT2D eigenvalue weighted by atomic mass is 16.5. The molecule has 2 aliphatic rings. The van der Waals surface area contributed by atoms with Crippen molar-refractivity contribution in [2.45, 2.75) is 44.9 Å². The van der Waals surface area contributed by atoms with Gasteiger partial charge >= 0.3 is 5.97 Å². The topological polar surface area (TPSA) is 87.2 Å². The molecule has 2 saturated heterocycles. The van der Waals surface area contributed by atoms with E-state index in [0.29, 0.717) is 13.1 Å². The van der Waals surface area contributed by atoms with E-state index in [1.807, 2.05) is 25.7 Å². The molecule has 0 aromatic carbocycles. The number of aliphatic carboxylic acids is 1. The summed E-state index contributed by atoms with van der Waals surface area (Å²) in [6, 6.07) is -0.553. The Kier molecular flexibility index (Phi) is 3.84. The molecule has 2 fully saturated rings. The minimum absolute atomic E-state index is 0.129. The second-order valence-electron chi connectivity index (χ2n) is 5.95. The van der Waals surface area contributed by atoms with E-state index >= 15 is 0 Å². The van der Waals surface area contributed by atoms with Gasteiger partial charge in [0.05, 0.1) is 18.1 Å². The maximum Gasteiger partial charge on any atom is 0.329 e. The Hall–Kier alpha value is -1.47. The molecule has 1 N–H and O–H groups in total. The zero-order valence-electron chi connectivity index (χ0n) is 12.0. The lowest BCUT2D eigenvalue weighted by molar-refractivity contribution is -0.172. The number of ether oxygens (including phenoxy) is 1. The van der Waals surface area contributed by atoms with Crippen molar-refractivity contribution in [3.63, 3.8) is 0 Å². The van der Waals surface area contributed by atoms with Crippen LogP contribution in [-0.2, 0) is 19.1 Å². The van der Waals surface area contributed by atoms with Crippen molar-refractivity contribution < 1.29 is 24.2 Å². The Morgan fingerprint density at radius 1 is 1.45 bits per heavy atom. The molecule has 0 spiro atoms. The molecule has 2 aliphatic heterocycles. The van der Waals surface area contributed by atoms with Gasteiger partial charge in [-0.25, -0.2) is 4.79 Å². The van der Waals surface area contributed by atoms with Crippen molar-refractivity contribution in [2.24, 2.45) is 0 Å². The molecule has 0 aliphatic carbocycles. The van der Waals surface area contributed by atoms with Gasteiger partial charge in [0.1, 0.15) is 6.61 Å². The molecule has 1 unspecified atom stereocenters. The smallest absolute Gasteiger partial charge is 0.329 e. The van der Waals surface area contributed by atoms with Gasteiger partial charge in [0.2, 0.25) is 11.8 Å². The number of carboxylic acid groups (broad SMARTS) is 1. The molecular weight excluding hydrogens is 264 g/mol. The first-order valence-electron chi connectivity index (χ1n) is 6.69. The number of carbonyl (C=O) groups is 3. The number of hydrogen-bond donors (Lipinski definition) is 1. The van der Waals surface area contributed by atoms with E-state index in [-0.39, 0.29) is 30.9 Å². The van der Waals surface area contributed by atoms with Crippen LogP contribution in [0.3, 0.4) is 0 Å². The normalized spacial score (nSPS) is 26.2. The lowest BCUT2D eigenvalue weighted by Gasteiger charge is -2.49. The second-order valence-corrected chi connectivity index (χ2v) is 5.95.